The molecule has 0 radical (unpaired) electrons. The predicted molar refractivity (Wildman–Crippen MR) is 79.9 cm³/mol. The fraction of sp³-hybridized carbons (Fsp3) is 0.0667. The number of hydrogen-bond acceptors (Lipinski definition) is 3. The molecule has 0 bridgehead atoms. The Bertz CT molecular complexity index is 777. The fourth-order valence-corrected chi connectivity index (χ4v) is 2.61. The summed E-state index contributed by atoms with van der Waals surface area (Å²) >= 11 is 12.4. The van der Waals surface area contributed by atoms with E-state index in [1.54, 1.807) is 31.4 Å². The Morgan fingerprint density at radius 3 is 2.14 bits per heavy atom. The van der Waals surface area contributed by atoms with Gasteiger partial charge < -0.3 is 4.42 Å². The topological polar surface area (TPSA) is 38.9 Å². The highest BCUT2D eigenvalue weighted by molar-refractivity contribution is 6.37. The molecule has 21 heavy (non-hydrogen) atoms. The third-order valence-electron chi connectivity index (χ3n) is 3.05. The molecule has 106 valence electrons. The summed E-state index contributed by atoms with van der Waals surface area (Å²) < 4.78 is 18.2. The van der Waals surface area contributed by atoms with Gasteiger partial charge in [0.1, 0.15) is 21.9 Å². The monoisotopic (exact) mass is 322 g/mol. The van der Waals surface area contributed by atoms with Crippen LogP contribution in [-0.4, -0.2) is 9.97 Å². The maximum Gasteiger partial charge on any atom is 0.166 e. The van der Waals surface area contributed by atoms with Crippen molar-refractivity contribution >= 4 is 23.2 Å². The van der Waals surface area contributed by atoms with Gasteiger partial charge in [-0.3, -0.25) is 0 Å². The lowest BCUT2D eigenvalue weighted by Crippen LogP contribution is -1.95. The van der Waals surface area contributed by atoms with Gasteiger partial charge in [0.15, 0.2) is 5.82 Å². The van der Waals surface area contributed by atoms with Gasteiger partial charge in [-0.1, -0.05) is 35.3 Å². The highest BCUT2D eigenvalue weighted by Gasteiger charge is 2.16. The average molecular weight is 323 g/mol. The zero-order valence-corrected chi connectivity index (χ0v) is 12.4. The average Bonchev–Trinajstić information content (AvgIpc) is 2.86. The molecule has 0 amide bonds. The van der Waals surface area contributed by atoms with E-state index in [2.05, 4.69) is 9.97 Å². The second-order valence-corrected chi connectivity index (χ2v) is 5.12. The van der Waals surface area contributed by atoms with E-state index < -0.39 is 0 Å². The van der Waals surface area contributed by atoms with E-state index in [1.807, 2.05) is 0 Å². The van der Waals surface area contributed by atoms with E-state index in [1.165, 1.54) is 12.1 Å². The van der Waals surface area contributed by atoms with E-state index in [4.69, 9.17) is 27.6 Å². The minimum atomic E-state index is -0.336. The van der Waals surface area contributed by atoms with Crippen LogP contribution in [0.25, 0.3) is 22.5 Å². The van der Waals surface area contributed by atoms with Gasteiger partial charge in [0.25, 0.3) is 0 Å². The van der Waals surface area contributed by atoms with Crippen molar-refractivity contribution in [1.29, 1.82) is 0 Å². The predicted octanol–water partition coefficient (Wildman–Crippen LogP) is 5.16. The van der Waals surface area contributed by atoms with Crippen LogP contribution in [0, 0.1) is 12.7 Å². The standard InChI is InChI=1S/C15H9Cl2FN2O/c1-8-11(6-7-21-8)15-19-13(16)12(14(17)20-15)9-2-4-10(18)5-3-9/h2-7H,1H3. The largest absolute Gasteiger partial charge is 0.469 e. The van der Waals surface area contributed by atoms with Crippen LogP contribution in [0.3, 0.4) is 0 Å². The summed E-state index contributed by atoms with van der Waals surface area (Å²) in [6.07, 6.45) is 1.55. The summed E-state index contributed by atoms with van der Waals surface area (Å²) in [5.74, 6) is 0.733. The first kappa shape index (κ1) is 14.0. The SMILES string of the molecule is Cc1occc1-c1nc(Cl)c(-c2ccc(F)cc2)c(Cl)n1. The van der Waals surface area contributed by atoms with Crippen molar-refractivity contribution in [3.63, 3.8) is 0 Å². The Balaban J connectivity index is 2.13. The maximum absolute atomic E-state index is 13.0. The number of benzene rings is 1. The molecule has 3 nitrogen and oxygen atoms in total. The van der Waals surface area contributed by atoms with Crippen molar-refractivity contribution in [3.05, 3.63) is 58.5 Å². The maximum atomic E-state index is 13.0. The van der Waals surface area contributed by atoms with Crippen molar-refractivity contribution in [2.75, 3.05) is 0 Å². The van der Waals surface area contributed by atoms with Gasteiger partial charge >= 0.3 is 0 Å². The molecule has 0 fully saturated rings. The Morgan fingerprint density at radius 1 is 1.00 bits per heavy atom. The quantitative estimate of drug-likeness (QED) is 0.612. The minimum Gasteiger partial charge on any atom is -0.469 e. The third kappa shape index (κ3) is 2.64. The second kappa shape index (κ2) is 5.47. The van der Waals surface area contributed by atoms with Crippen molar-refractivity contribution < 1.29 is 8.81 Å². The Kier molecular flexibility index (Phi) is 3.66. The van der Waals surface area contributed by atoms with Crippen molar-refractivity contribution in [2.24, 2.45) is 0 Å². The van der Waals surface area contributed by atoms with Crippen molar-refractivity contribution in [1.82, 2.24) is 9.97 Å². The summed E-state index contributed by atoms with van der Waals surface area (Å²) in [6, 6.07) is 7.56. The zero-order chi connectivity index (χ0) is 15.0. The molecule has 2 aromatic heterocycles. The summed E-state index contributed by atoms with van der Waals surface area (Å²) in [7, 11) is 0. The highest BCUT2D eigenvalue weighted by atomic mass is 35.5. The molecule has 0 N–H and O–H groups in total. The molecule has 6 heteroatoms. The van der Waals surface area contributed by atoms with Gasteiger partial charge in [0.05, 0.1) is 17.4 Å². The Labute approximate surface area is 130 Å². The van der Waals surface area contributed by atoms with E-state index in [9.17, 15) is 4.39 Å². The molecule has 1 aromatic carbocycles. The van der Waals surface area contributed by atoms with Crippen molar-refractivity contribution in [2.45, 2.75) is 6.92 Å². The Hall–Kier alpha value is -1.91. The molecule has 0 saturated heterocycles. The molecular formula is C15H9Cl2FN2O. The minimum absolute atomic E-state index is 0.206. The fourth-order valence-electron chi connectivity index (χ4n) is 2.00. The normalized spacial score (nSPS) is 10.9. The molecule has 3 rings (SSSR count). The first-order chi connectivity index (χ1) is 10.1. The molecular weight excluding hydrogens is 314 g/mol. The number of halogens is 3. The van der Waals surface area contributed by atoms with Crippen LogP contribution in [0.15, 0.2) is 41.0 Å². The summed E-state index contributed by atoms with van der Waals surface area (Å²) in [5, 5.41) is 0.411. The first-order valence-corrected chi connectivity index (χ1v) is 6.85. The number of nitrogens with zero attached hydrogens (tertiary/aromatic N) is 2. The summed E-state index contributed by atoms with van der Waals surface area (Å²) in [4.78, 5) is 8.50. The van der Waals surface area contributed by atoms with Crippen LogP contribution in [0.5, 0.6) is 0 Å². The van der Waals surface area contributed by atoms with Crippen LogP contribution in [-0.2, 0) is 0 Å². The van der Waals surface area contributed by atoms with E-state index in [-0.39, 0.29) is 16.1 Å². The Morgan fingerprint density at radius 2 is 1.62 bits per heavy atom. The van der Waals surface area contributed by atoms with Gasteiger partial charge in [0.2, 0.25) is 0 Å². The number of hydrogen-bond donors (Lipinski definition) is 0. The lowest BCUT2D eigenvalue weighted by molar-refractivity contribution is 0.535. The summed E-state index contributed by atoms with van der Waals surface area (Å²) in [6.45, 7) is 1.80. The smallest absolute Gasteiger partial charge is 0.166 e. The van der Waals surface area contributed by atoms with Gasteiger partial charge in [-0.25, -0.2) is 14.4 Å². The third-order valence-corrected chi connectivity index (χ3v) is 3.60. The van der Waals surface area contributed by atoms with Gasteiger partial charge in [0, 0.05) is 0 Å². The van der Waals surface area contributed by atoms with Crippen LogP contribution in [0.2, 0.25) is 10.3 Å². The van der Waals surface area contributed by atoms with Gasteiger partial charge in [-0.15, -0.1) is 0 Å². The molecule has 0 spiro atoms. The molecule has 3 aromatic rings. The molecule has 0 atom stereocenters. The van der Waals surface area contributed by atoms with Crippen LogP contribution < -0.4 is 0 Å². The van der Waals surface area contributed by atoms with Gasteiger partial charge in [-0.2, -0.15) is 0 Å². The van der Waals surface area contributed by atoms with Crippen molar-refractivity contribution in [3.8, 4) is 22.5 Å². The van der Waals surface area contributed by atoms with E-state index in [0.717, 1.165) is 5.56 Å². The second-order valence-electron chi connectivity index (χ2n) is 4.40. The molecule has 0 saturated carbocycles. The molecule has 0 aliphatic heterocycles. The van der Waals surface area contributed by atoms with E-state index in [0.29, 0.717) is 22.7 Å². The highest BCUT2D eigenvalue weighted by Crippen LogP contribution is 2.34. The zero-order valence-electron chi connectivity index (χ0n) is 10.9. The number of aryl methyl sites for hydroxylation is 1. The van der Waals surface area contributed by atoms with E-state index >= 15 is 0 Å². The number of furan rings is 1. The summed E-state index contributed by atoms with van der Waals surface area (Å²) in [5.41, 5.74) is 1.86. The molecule has 0 aliphatic carbocycles. The number of aromatic nitrogens is 2. The molecule has 0 aliphatic rings. The van der Waals surface area contributed by atoms with Gasteiger partial charge in [-0.05, 0) is 30.7 Å². The number of rotatable bonds is 2. The van der Waals surface area contributed by atoms with Crippen LogP contribution >= 0.6 is 23.2 Å². The first-order valence-electron chi connectivity index (χ1n) is 6.09. The van der Waals surface area contributed by atoms with Crippen LogP contribution in [0.1, 0.15) is 5.76 Å². The van der Waals surface area contributed by atoms with Crippen LogP contribution in [0.4, 0.5) is 4.39 Å². The molecule has 0 unspecified atom stereocenters. The molecule has 2 heterocycles. The lowest BCUT2D eigenvalue weighted by Gasteiger charge is -2.08. The lowest BCUT2D eigenvalue weighted by atomic mass is 10.1.